The number of hydrogen-bond acceptors (Lipinski definition) is 5. The molecule has 25 heavy (non-hydrogen) atoms. The first kappa shape index (κ1) is 17.8. The lowest BCUT2D eigenvalue weighted by Gasteiger charge is -2.48. The van der Waals surface area contributed by atoms with Crippen molar-refractivity contribution in [3.8, 4) is 0 Å². The van der Waals surface area contributed by atoms with Gasteiger partial charge in [0.15, 0.2) is 0 Å². The third-order valence-electron chi connectivity index (χ3n) is 5.51. The van der Waals surface area contributed by atoms with Crippen LogP contribution in [0, 0.1) is 5.41 Å². The van der Waals surface area contributed by atoms with E-state index in [1.807, 2.05) is 12.1 Å². The van der Waals surface area contributed by atoms with Gasteiger partial charge in [-0.3, -0.25) is 14.6 Å². The molecule has 1 amide bonds. The first-order chi connectivity index (χ1) is 12.0. The second kappa shape index (κ2) is 7.49. The molecule has 1 spiro atoms. The number of hydrogen-bond donors (Lipinski definition) is 2. The number of carboxylic acid groups (broad SMARTS) is 1. The van der Waals surface area contributed by atoms with E-state index < -0.39 is 18.7 Å². The Hall–Kier alpha value is -1.99. The van der Waals surface area contributed by atoms with Crippen molar-refractivity contribution in [2.45, 2.75) is 38.3 Å². The molecule has 3 rings (SSSR count). The number of aromatic nitrogens is 1. The fraction of sp³-hybridized carbons (Fsp3) is 0.611. The molecule has 0 aromatic carbocycles. The largest absolute Gasteiger partial charge is 0.480 e. The van der Waals surface area contributed by atoms with Crippen LogP contribution in [0.3, 0.4) is 0 Å². The molecule has 2 N–H and O–H groups in total. The van der Waals surface area contributed by atoms with Crippen molar-refractivity contribution >= 4 is 11.9 Å². The van der Waals surface area contributed by atoms with E-state index in [1.54, 1.807) is 12.4 Å². The van der Waals surface area contributed by atoms with Crippen molar-refractivity contribution in [2.75, 3.05) is 26.2 Å². The van der Waals surface area contributed by atoms with Crippen LogP contribution in [0.4, 0.5) is 0 Å². The van der Waals surface area contributed by atoms with Crippen molar-refractivity contribution in [2.24, 2.45) is 5.41 Å². The van der Waals surface area contributed by atoms with Gasteiger partial charge in [-0.05, 0) is 61.9 Å². The Kier molecular flexibility index (Phi) is 5.34. The Balaban J connectivity index is 1.51. The highest BCUT2D eigenvalue weighted by Crippen LogP contribution is 2.43. The number of likely N-dealkylation sites (tertiary alicyclic amines) is 2. The standard InChI is InChI=1S/C18H25N3O4/c22-15-11-18(12-16(23)21(15)13-17(24)25)4-9-20(10-5-18)8-3-14-1-6-19-7-2-14/h1-2,6-7,15,22H,3-5,8-13H2,(H,24,25). The number of aliphatic hydroxyl groups excluding tert-OH is 1. The Morgan fingerprint density at radius 3 is 2.56 bits per heavy atom. The zero-order valence-electron chi connectivity index (χ0n) is 14.3. The predicted octanol–water partition coefficient (Wildman–Crippen LogP) is 0.732. The molecule has 3 heterocycles. The lowest BCUT2D eigenvalue weighted by atomic mass is 9.70. The highest BCUT2D eigenvalue weighted by Gasteiger charge is 2.45. The average Bonchev–Trinajstić information content (AvgIpc) is 2.59. The number of aliphatic carboxylic acids is 1. The highest BCUT2D eigenvalue weighted by atomic mass is 16.4. The van der Waals surface area contributed by atoms with E-state index in [-0.39, 0.29) is 11.3 Å². The number of carboxylic acids is 1. The summed E-state index contributed by atoms with van der Waals surface area (Å²) in [6.07, 6.45) is 6.15. The summed E-state index contributed by atoms with van der Waals surface area (Å²) in [4.78, 5) is 30.6. The molecule has 2 saturated heterocycles. The first-order valence-electron chi connectivity index (χ1n) is 8.78. The highest BCUT2D eigenvalue weighted by molar-refractivity contribution is 5.82. The summed E-state index contributed by atoms with van der Waals surface area (Å²) >= 11 is 0. The summed E-state index contributed by atoms with van der Waals surface area (Å²) in [5.74, 6) is -1.33. The van der Waals surface area contributed by atoms with E-state index in [2.05, 4.69) is 9.88 Å². The Morgan fingerprint density at radius 1 is 1.28 bits per heavy atom. The summed E-state index contributed by atoms with van der Waals surface area (Å²) in [7, 11) is 0. The minimum atomic E-state index is -1.09. The minimum absolute atomic E-state index is 0.182. The molecule has 2 aliphatic rings. The predicted molar refractivity (Wildman–Crippen MR) is 90.6 cm³/mol. The van der Waals surface area contributed by atoms with Crippen molar-refractivity contribution in [3.05, 3.63) is 30.1 Å². The number of nitrogens with zero attached hydrogens (tertiary/aromatic N) is 3. The van der Waals surface area contributed by atoms with Crippen molar-refractivity contribution < 1.29 is 19.8 Å². The van der Waals surface area contributed by atoms with Gasteiger partial charge in [-0.15, -0.1) is 0 Å². The second-order valence-electron chi connectivity index (χ2n) is 7.22. The van der Waals surface area contributed by atoms with Crippen LogP contribution >= 0.6 is 0 Å². The molecular formula is C18H25N3O4. The minimum Gasteiger partial charge on any atom is -0.480 e. The number of aliphatic hydroxyl groups is 1. The number of carbonyl (C=O) groups is 2. The zero-order chi connectivity index (χ0) is 17.9. The molecule has 7 heteroatoms. The molecule has 2 fully saturated rings. The monoisotopic (exact) mass is 347 g/mol. The van der Waals surface area contributed by atoms with E-state index in [0.717, 1.165) is 43.8 Å². The lowest BCUT2D eigenvalue weighted by Crippen LogP contribution is -2.55. The van der Waals surface area contributed by atoms with E-state index in [1.165, 1.54) is 5.56 Å². The molecular weight excluding hydrogens is 322 g/mol. The molecule has 1 unspecified atom stereocenters. The van der Waals surface area contributed by atoms with Crippen LogP contribution < -0.4 is 0 Å². The van der Waals surface area contributed by atoms with Crippen molar-refractivity contribution in [1.29, 1.82) is 0 Å². The van der Waals surface area contributed by atoms with Gasteiger partial charge in [0.25, 0.3) is 0 Å². The molecule has 0 saturated carbocycles. The van der Waals surface area contributed by atoms with Gasteiger partial charge in [-0.2, -0.15) is 0 Å². The molecule has 0 aliphatic carbocycles. The number of rotatable bonds is 5. The maximum Gasteiger partial charge on any atom is 0.323 e. The van der Waals surface area contributed by atoms with E-state index >= 15 is 0 Å². The number of carbonyl (C=O) groups excluding carboxylic acids is 1. The number of amides is 1. The summed E-state index contributed by atoms with van der Waals surface area (Å²) in [5, 5.41) is 19.1. The molecule has 0 radical (unpaired) electrons. The molecule has 1 atom stereocenters. The fourth-order valence-corrected chi connectivity index (χ4v) is 3.97. The maximum atomic E-state index is 12.3. The van der Waals surface area contributed by atoms with Crippen LogP contribution in [0.15, 0.2) is 24.5 Å². The van der Waals surface area contributed by atoms with Crippen LogP contribution in [0.25, 0.3) is 0 Å². The van der Waals surface area contributed by atoms with Gasteiger partial charge in [0.1, 0.15) is 12.8 Å². The smallest absolute Gasteiger partial charge is 0.323 e. The fourth-order valence-electron chi connectivity index (χ4n) is 3.97. The lowest BCUT2D eigenvalue weighted by molar-refractivity contribution is -0.166. The van der Waals surface area contributed by atoms with Crippen molar-refractivity contribution in [3.63, 3.8) is 0 Å². The van der Waals surface area contributed by atoms with Gasteiger partial charge < -0.3 is 20.0 Å². The van der Waals surface area contributed by atoms with Crippen molar-refractivity contribution in [1.82, 2.24) is 14.8 Å². The Labute approximate surface area is 147 Å². The summed E-state index contributed by atoms with van der Waals surface area (Å²) in [6, 6.07) is 4.05. The molecule has 7 nitrogen and oxygen atoms in total. The summed E-state index contributed by atoms with van der Waals surface area (Å²) in [5.41, 5.74) is 1.08. The molecule has 2 aliphatic heterocycles. The van der Waals surface area contributed by atoms with E-state index in [4.69, 9.17) is 5.11 Å². The molecule has 1 aromatic rings. The maximum absolute atomic E-state index is 12.3. The molecule has 0 bridgehead atoms. The van der Waals surface area contributed by atoms with Crippen LogP contribution in [0.2, 0.25) is 0 Å². The summed E-state index contributed by atoms with van der Waals surface area (Å²) in [6.45, 7) is 2.36. The van der Waals surface area contributed by atoms with Crippen LogP contribution in [-0.4, -0.2) is 69.3 Å². The van der Waals surface area contributed by atoms with E-state index in [9.17, 15) is 14.7 Å². The first-order valence-corrected chi connectivity index (χ1v) is 8.78. The van der Waals surface area contributed by atoms with Gasteiger partial charge >= 0.3 is 5.97 Å². The quantitative estimate of drug-likeness (QED) is 0.816. The molecule has 136 valence electrons. The van der Waals surface area contributed by atoms with Crippen LogP contribution in [0.5, 0.6) is 0 Å². The van der Waals surface area contributed by atoms with E-state index in [0.29, 0.717) is 12.8 Å². The SMILES string of the molecule is O=C(O)CN1C(=O)CC2(CCN(CCc3ccncc3)CC2)CC1O. The second-order valence-corrected chi connectivity index (χ2v) is 7.22. The topological polar surface area (TPSA) is 94.0 Å². The molecule has 1 aromatic heterocycles. The van der Waals surface area contributed by atoms with Crippen LogP contribution in [-0.2, 0) is 16.0 Å². The zero-order valence-corrected chi connectivity index (χ0v) is 14.3. The Bertz CT molecular complexity index is 614. The third kappa shape index (κ3) is 4.35. The number of piperidine rings is 2. The van der Waals surface area contributed by atoms with Crippen LogP contribution in [0.1, 0.15) is 31.2 Å². The van der Waals surface area contributed by atoms with Gasteiger partial charge in [0.2, 0.25) is 5.91 Å². The number of pyridine rings is 1. The Morgan fingerprint density at radius 2 is 1.96 bits per heavy atom. The van der Waals surface area contributed by atoms with Gasteiger partial charge in [-0.1, -0.05) is 0 Å². The normalized spacial score (nSPS) is 23.8. The van der Waals surface area contributed by atoms with Gasteiger partial charge in [0.05, 0.1) is 0 Å². The van der Waals surface area contributed by atoms with Gasteiger partial charge in [0, 0.05) is 25.4 Å². The third-order valence-corrected chi connectivity index (χ3v) is 5.51. The van der Waals surface area contributed by atoms with Gasteiger partial charge in [-0.25, -0.2) is 0 Å². The average molecular weight is 347 g/mol. The summed E-state index contributed by atoms with van der Waals surface area (Å²) < 4.78 is 0.